The number of ketones is 1. The number of rotatable bonds is 3. The van der Waals surface area contributed by atoms with Crippen LogP contribution in [0.3, 0.4) is 0 Å². The van der Waals surface area contributed by atoms with Gasteiger partial charge < -0.3 is 4.74 Å². The number of carbonyl (C=O) groups is 2. The lowest BCUT2D eigenvalue weighted by atomic mass is 9.94. The molecule has 0 amide bonds. The smallest absolute Gasteiger partial charge is 0.337 e. The fraction of sp³-hybridized carbons (Fsp3) is 0.0435. The first kappa shape index (κ1) is 16.0. The molecule has 3 nitrogen and oxygen atoms in total. The van der Waals surface area contributed by atoms with Crippen molar-refractivity contribution in [1.29, 1.82) is 0 Å². The third-order valence-electron chi connectivity index (χ3n) is 4.56. The standard InChI is InChI=1S/C23H16O3/c1-26-23(25)17-12-13-18-19(14-17)20(15-8-4-2-5-9-15)21(22(18)24)16-10-6-3-7-11-16/h2-14H,1H3. The average molecular weight is 340 g/mol. The molecule has 0 aliphatic heterocycles. The zero-order valence-corrected chi connectivity index (χ0v) is 14.2. The highest BCUT2D eigenvalue weighted by molar-refractivity contribution is 6.41. The van der Waals surface area contributed by atoms with Crippen LogP contribution in [0, 0.1) is 0 Å². The predicted molar refractivity (Wildman–Crippen MR) is 101 cm³/mol. The quantitative estimate of drug-likeness (QED) is 0.653. The van der Waals surface area contributed by atoms with E-state index in [0.29, 0.717) is 16.7 Å². The monoisotopic (exact) mass is 340 g/mol. The van der Waals surface area contributed by atoms with Gasteiger partial charge in [0.05, 0.1) is 12.7 Å². The molecule has 0 spiro atoms. The van der Waals surface area contributed by atoms with Crippen LogP contribution in [0.1, 0.15) is 37.4 Å². The summed E-state index contributed by atoms with van der Waals surface area (Å²) in [5.74, 6) is -0.442. The highest BCUT2D eigenvalue weighted by Gasteiger charge is 2.31. The number of methoxy groups -OCH3 is 1. The van der Waals surface area contributed by atoms with E-state index in [4.69, 9.17) is 4.74 Å². The number of ether oxygens (including phenoxy) is 1. The molecule has 0 bridgehead atoms. The molecular formula is C23H16O3. The van der Waals surface area contributed by atoms with Crippen molar-refractivity contribution in [2.75, 3.05) is 7.11 Å². The van der Waals surface area contributed by atoms with Gasteiger partial charge in [0, 0.05) is 16.7 Å². The summed E-state index contributed by atoms with van der Waals surface area (Å²) in [4.78, 5) is 25.1. The second-order valence-electron chi connectivity index (χ2n) is 6.06. The van der Waals surface area contributed by atoms with E-state index in [1.807, 2.05) is 60.7 Å². The van der Waals surface area contributed by atoms with Crippen LogP contribution in [0.15, 0.2) is 78.9 Å². The Morgan fingerprint density at radius 2 is 1.31 bits per heavy atom. The van der Waals surface area contributed by atoms with Gasteiger partial charge in [-0.25, -0.2) is 4.79 Å². The molecule has 0 heterocycles. The highest BCUT2D eigenvalue weighted by Crippen LogP contribution is 2.42. The Labute approximate surface area is 151 Å². The summed E-state index contributed by atoms with van der Waals surface area (Å²) < 4.78 is 4.84. The maximum Gasteiger partial charge on any atom is 0.337 e. The van der Waals surface area contributed by atoms with Gasteiger partial charge in [0.25, 0.3) is 0 Å². The van der Waals surface area contributed by atoms with Crippen molar-refractivity contribution >= 4 is 22.9 Å². The summed E-state index contributed by atoms with van der Waals surface area (Å²) in [7, 11) is 1.35. The summed E-state index contributed by atoms with van der Waals surface area (Å²) >= 11 is 0. The van der Waals surface area contributed by atoms with Crippen molar-refractivity contribution in [3.05, 3.63) is 107 Å². The van der Waals surface area contributed by atoms with Crippen molar-refractivity contribution in [3.8, 4) is 0 Å². The van der Waals surface area contributed by atoms with Crippen LogP contribution in [0.2, 0.25) is 0 Å². The largest absolute Gasteiger partial charge is 0.465 e. The summed E-state index contributed by atoms with van der Waals surface area (Å²) in [6.45, 7) is 0. The molecule has 3 aromatic rings. The lowest BCUT2D eigenvalue weighted by Gasteiger charge is -2.09. The molecule has 0 fully saturated rings. The van der Waals surface area contributed by atoms with Gasteiger partial charge in [-0.2, -0.15) is 0 Å². The van der Waals surface area contributed by atoms with Crippen molar-refractivity contribution in [3.63, 3.8) is 0 Å². The zero-order valence-electron chi connectivity index (χ0n) is 14.2. The van der Waals surface area contributed by atoms with E-state index in [9.17, 15) is 9.59 Å². The third-order valence-corrected chi connectivity index (χ3v) is 4.56. The number of hydrogen-bond donors (Lipinski definition) is 0. The molecule has 1 aliphatic carbocycles. The maximum atomic E-state index is 13.2. The van der Waals surface area contributed by atoms with Crippen molar-refractivity contribution in [2.45, 2.75) is 0 Å². The Kier molecular flexibility index (Phi) is 3.98. The molecule has 0 aromatic heterocycles. The Bertz CT molecular complexity index is 1030. The summed E-state index contributed by atoms with van der Waals surface area (Å²) in [6, 6.07) is 24.5. The minimum atomic E-state index is -0.416. The van der Waals surface area contributed by atoms with Crippen LogP contribution in [-0.2, 0) is 4.74 Å². The normalized spacial score (nSPS) is 12.9. The molecule has 3 aromatic carbocycles. The van der Waals surface area contributed by atoms with Crippen molar-refractivity contribution < 1.29 is 14.3 Å². The van der Waals surface area contributed by atoms with Gasteiger partial charge in [-0.15, -0.1) is 0 Å². The van der Waals surface area contributed by atoms with Crippen LogP contribution in [0.25, 0.3) is 11.1 Å². The van der Waals surface area contributed by atoms with E-state index in [1.54, 1.807) is 18.2 Å². The summed E-state index contributed by atoms with van der Waals surface area (Å²) in [5, 5.41) is 0. The van der Waals surface area contributed by atoms with E-state index in [2.05, 4.69) is 0 Å². The number of carbonyl (C=O) groups excluding carboxylic acids is 2. The highest BCUT2D eigenvalue weighted by atomic mass is 16.5. The zero-order chi connectivity index (χ0) is 18.1. The lowest BCUT2D eigenvalue weighted by molar-refractivity contribution is 0.0600. The number of benzene rings is 3. The van der Waals surface area contributed by atoms with Crippen LogP contribution in [-0.4, -0.2) is 18.9 Å². The summed E-state index contributed by atoms with van der Waals surface area (Å²) in [5.41, 5.74) is 5.13. The van der Waals surface area contributed by atoms with Gasteiger partial charge in [0.1, 0.15) is 0 Å². The lowest BCUT2D eigenvalue weighted by Crippen LogP contribution is -2.03. The van der Waals surface area contributed by atoms with Crippen molar-refractivity contribution in [1.82, 2.24) is 0 Å². The predicted octanol–water partition coefficient (Wildman–Crippen LogP) is 4.63. The maximum absolute atomic E-state index is 13.2. The Morgan fingerprint density at radius 1 is 0.731 bits per heavy atom. The van der Waals surface area contributed by atoms with Gasteiger partial charge in [0.2, 0.25) is 0 Å². The molecule has 0 N–H and O–H groups in total. The number of esters is 1. The van der Waals surface area contributed by atoms with E-state index in [-0.39, 0.29) is 5.78 Å². The molecule has 0 saturated heterocycles. The van der Waals surface area contributed by atoms with Gasteiger partial charge in [-0.05, 0) is 34.9 Å². The second kappa shape index (κ2) is 6.45. The Morgan fingerprint density at radius 3 is 1.88 bits per heavy atom. The number of Topliss-reactive ketones (excluding diaryl/α,β-unsaturated/α-hetero) is 1. The molecule has 126 valence electrons. The number of allylic oxidation sites excluding steroid dienone is 1. The molecular weight excluding hydrogens is 324 g/mol. The molecule has 1 aliphatic rings. The first-order valence-electron chi connectivity index (χ1n) is 8.33. The SMILES string of the molecule is COC(=O)c1ccc2c(c1)C(c1ccccc1)=C(c1ccccc1)C2=O. The minimum Gasteiger partial charge on any atom is -0.465 e. The molecule has 4 rings (SSSR count). The van der Waals surface area contributed by atoms with Gasteiger partial charge in [-0.1, -0.05) is 60.7 Å². The van der Waals surface area contributed by atoms with Crippen LogP contribution in [0.4, 0.5) is 0 Å². The molecule has 26 heavy (non-hydrogen) atoms. The van der Waals surface area contributed by atoms with E-state index in [1.165, 1.54) is 7.11 Å². The topological polar surface area (TPSA) is 43.4 Å². The Hall–Kier alpha value is -3.46. The molecule has 0 atom stereocenters. The van der Waals surface area contributed by atoms with E-state index >= 15 is 0 Å². The van der Waals surface area contributed by atoms with Gasteiger partial charge >= 0.3 is 5.97 Å². The second-order valence-corrected chi connectivity index (χ2v) is 6.06. The van der Waals surface area contributed by atoms with Crippen LogP contribution >= 0.6 is 0 Å². The number of hydrogen-bond acceptors (Lipinski definition) is 3. The average Bonchev–Trinajstić information content (AvgIpc) is 3.00. The first-order chi connectivity index (χ1) is 12.7. The van der Waals surface area contributed by atoms with Gasteiger partial charge in [0.15, 0.2) is 5.78 Å². The van der Waals surface area contributed by atoms with Crippen LogP contribution in [0.5, 0.6) is 0 Å². The molecule has 0 unspecified atom stereocenters. The van der Waals surface area contributed by atoms with Crippen molar-refractivity contribution in [2.24, 2.45) is 0 Å². The molecule has 0 radical (unpaired) electrons. The van der Waals surface area contributed by atoms with E-state index in [0.717, 1.165) is 22.3 Å². The summed E-state index contributed by atoms with van der Waals surface area (Å²) in [6.07, 6.45) is 0. The first-order valence-corrected chi connectivity index (χ1v) is 8.33. The fourth-order valence-corrected chi connectivity index (χ4v) is 3.36. The molecule has 0 saturated carbocycles. The van der Waals surface area contributed by atoms with E-state index < -0.39 is 5.97 Å². The van der Waals surface area contributed by atoms with Gasteiger partial charge in [-0.3, -0.25) is 4.79 Å². The fourth-order valence-electron chi connectivity index (χ4n) is 3.36. The minimum absolute atomic E-state index is 0.0264. The van der Waals surface area contributed by atoms with Crippen LogP contribution < -0.4 is 0 Å². The Balaban J connectivity index is 2.01. The number of fused-ring (bicyclic) bond motifs is 1. The molecule has 3 heteroatoms. The third kappa shape index (κ3) is 2.54.